The molecule has 5 rings (SSSR count). The highest BCUT2D eigenvalue weighted by Gasteiger charge is 2.45. The van der Waals surface area contributed by atoms with Crippen molar-refractivity contribution in [3.63, 3.8) is 0 Å². The summed E-state index contributed by atoms with van der Waals surface area (Å²) in [7, 11) is 0. The fraction of sp³-hybridized carbons (Fsp3) is 0.429. The highest BCUT2D eigenvalue weighted by atomic mass is 16.5. The predicted molar refractivity (Wildman–Crippen MR) is 97.5 cm³/mol. The molecular formula is C21H22N2O3. The van der Waals surface area contributed by atoms with Crippen molar-refractivity contribution in [1.82, 2.24) is 9.47 Å². The third-order valence-corrected chi connectivity index (χ3v) is 6.00. The molecule has 3 aliphatic heterocycles. The number of amides is 1. The Morgan fingerprint density at radius 1 is 1.04 bits per heavy atom. The number of aromatic nitrogens is 1. The Labute approximate surface area is 152 Å². The second-order valence-corrected chi connectivity index (χ2v) is 7.49. The molecule has 0 spiro atoms. The molecule has 2 atom stereocenters. The molecule has 1 saturated heterocycles. The zero-order valence-electron chi connectivity index (χ0n) is 14.7. The van der Waals surface area contributed by atoms with Crippen LogP contribution in [0.2, 0.25) is 0 Å². The van der Waals surface area contributed by atoms with Crippen molar-refractivity contribution < 1.29 is 9.53 Å². The number of hydrogen-bond acceptors (Lipinski definition) is 3. The third kappa shape index (κ3) is 2.30. The van der Waals surface area contributed by atoms with Crippen LogP contribution in [-0.2, 0) is 13.0 Å². The lowest BCUT2D eigenvalue weighted by Crippen LogP contribution is -2.53. The number of aryl methyl sites for hydroxylation is 1. The van der Waals surface area contributed by atoms with Crippen LogP contribution >= 0.6 is 0 Å². The summed E-state index contributed by atoms with van der Waals surface area (Å²) >= 11 is 0. The molecule has 0 N–H and O–H groups in total. The molecule has 4 heterocycles. The van der Waals surface area contributed by atoms with Crippen LogP contribution in [0.5, 0.6) is 5.75 Å². The standard InChI is InChI=1S/C21H22N2O3/c24-18-12-15-9-10-17-16-8-4-5-11-22(16)21(25)19(23(15)17)20(18)26-13-14-6-2-1-3-7-14/h1-3,6-7,12,16-17H,4-5,8-11,13H2. The van der Waals surface area contributed by atoms with E-state index in [4.69, 9.17) is 4.74 Å². The van der Waals surface area contributed by atoms with E-state index in [9.17, 15) is 9.59 Å². The largest absolute Gasteiger partial charge is 0.483 e. The lowest BCUT2D eigenvalue weighted by Gasteiger charge is -2.44. The van der Waals surface area contributed by atoms with Crippen molar-refractivity contribution in [3.05, 3.63) is 63.6 Å². The van der Waals surface area contributed by atoms with E-state index in [-0.39, 0.29) is 29.2 Å². The van der Waals surface area contributed by atoms with Gasteiger partial charge in [-0.3, -0.25) is 9.59 Å². The zero-order valence-corrected chi connectivity index (χ0v) is 14.7. The number of nitrogens with zero attached hydrogens (tertiary/aromatic N) is 2. The van der Waals surface area contributed by atoms with E-state index in [0.29, 0.717) is 12.3 Å². The minimum Gasteiger partial charge on any atom is -0.483 e. The van der Waals surface area contributed by atoms with Crippen LogP contribution in [0.1, 0.15) is 53.5 Å². The van der Waals surface area contributed by atoms with Crippen LogP contribution in [0.15, 0.2) is 41.2 Å². The van der Waals surface area contributed by atoms with Gasteiger partial charge in [-0.2, -0.15) is 0 Å². The van der Waals surface area contributed by atoms with Gasteiger partial charge in [0, 0.05) is 18.3 Å². The van der Waals surface area contributed by atoms with Gasteiger partial charge in [0.25, 0.3) is 5.91 Å². The van der Waals surface area contributed by atoms with E-state index >= 15 is 0 Å². The average molecular weight is 350 g/mol. The van der Waals surface area contributed by atoms with Gasteiger partial charge >= 0.3 is 0 Å². The highest BCUT2D eigenvalue weighted by molar-refractivity contribution is 5.96. The Morgan fingerprint density at radius 2 is 1.88 bits per heavy atom. The second-order valence-electron chi connectivity index (χ2n) is 7.49. The fourth-order valence-electron chi connectivity index (χ4n) is 4.83. The van der Waals surface area contributed by atoms with Crippen molar-refractivity contribution in [3.8, 4) is 5.75 Å². The first-order valence-corrected chi connectivity index (χ1v) is 9.50. The summed E-state index contributed by atoms with van der Waals surface area (Å²) in [5, 5.41) is 0. The summed E-state index contributed by atoms with van der Waals surface area (Å²) in [5.74, 6) is 0.188. The predicted octanol–water partition coefficient (Wildman–Crippen LogP) is 2.92. The van der Waals surface area contributed by atoms with Gasteiger partial charge in [0.05, 0.1) is 12.1 Å². The van der Waals surface area contributed by atoms with E-state index in [2.05, 4.69) is 4.57 Å². The maximum Gasteiger partial charge on any atom is 0.274 e. The molecule has 1 aromatic heterocycles. The summed E-state index contributed by atoms with van der Waals surface area (Å²) in [6, 6.07) is 12.0. The number of rotatable bonds is 3. The van der Waals surface area contributed by atoms with Crippen molar-refractivity contribution in [1.29, 1.82) is 0 Å². The Bertz CT molecular complexity index is 919. The Balaban J connectivity index is 1.59. The van der Waals surface area contributed by atoms with Crippen molar-refractivity contribution in [2.45, 2.75) is 50.8 Å². The number of ether oxygens (including phenoxy) is 1. The van der Waals surface area contributed by atoms with Gasteiger partial charge in [-0.25, -0.2) is 0 Å². The van der Waals surface area contributed by atoms with Crippen LogP contribution < -0.4 is 10.2 Å². The first-order chi connectivity index (χ1) is 12.7. The first kappa shape index (κ1) is 15.7. The molecular weight excluding hydrogens is 328 g/mol. The molecule has 2 unspecified atom stereocenters. The number of piperidine rings is 1. The van der Waals surface area contributed by atoms with Crippen molar-refractivity contribution in [2.75, 3.05) is 6.54 Å². The van der Waals surface area contributed by atoms with Crippen molar-refractivity contribution in [2.24, 2.45) is 0 Å². The molecule has 0 bridgehead atoms. The number of carbonyl (C=O) groups is 1. The van der Waals surface area contributed by atoms with Crippen LogP contribution in [0, 0.1) is 0 Å². The van der Waals surface area contributed by atoms with E-state index in [1.807, 2.05) is 35.2 Å². The number of pyridine rings is 1. The van der Waals surface area contributed by atoms with Gasteiger partial charge in [0.15, 0.2) is 11.4 Å². The van der Waals surface area contributed by atoms with E-state index < -0.39 is 0 Å². The van der Waals surface area contributed by atoms with E-state index in [1.165, 1.54) is 6.42 Å². The number of fused-ring (bicyclic) bond motifs is 2. The number of benzene rings is 1. The molecule has 0 saturated carbocycles. The smallest absolute Gasteiger partial charge is 0.274 e. The van der Waals surface area contributed by atoms with Gasteiger partial charge in [-0.1, -0.05) is 30.3 Å². The van der Waals surface area contributed by atoms with Crippen LogP contribution in [0.3, 0.4) is 0 Å². The zero-order chi connectivity index (χ0) is 17.7. The topological polar surface area (TPSA) is 51.5 Å². The SMILES string of the molecule is O=C1c2c(OCc3ccccc3)c(=O)cc3n2C(CC3)C2CCCCN12. The molecule has 5 nitrogen and oxygen atoms in total. The molecule has 0 aliphatic carbocycles. The van der Waals surface area contributed by atoms with Gasteiger partial charge < -0.3 is 14.2 Å². The summed E-state index contributed by atoms with van der Waals surface area (Å²) in [4.78, 5) is 27.9. The Hall–Kier alpha value is -2.56. The van der Waals surface area contributed by atoms with Gasteiger partial charge in [-0.05, 0) is 37.7 Å². The maximum absolute atomic E-state index is 13.2. The molecule has 1 aromatic carbocycles. The normalized spacial score (nSPS) is 23.5. The average Bonchev–Trinajstić information content (AvgIpc) is 3.09. The van der Waals surface area contributed by atoms with E-state index in [1.54, 1.807) is 6.07 Å². The molecule has 3 aliphatic rings. The van der Waals surface area contributed by atoms with Crippen LogP contribution in [0.4, 0.5) is 0 Å². The summed E-state index contributed by atoms with van der Waals surface area (Å²) in [5.41, 5.74) is 2.27. The van der Waals surface area contributed by atoms with Crippen LogP contribution in [0.25, 0.3) is 0 Å². The van der Waals surface area contributed by atoms with Gasteiger partial charge in [0.1, 0.15) is 6.61 Å². The quantitative estimate of drug-likeness (QED) is 0.855. The molecule has 134 valence electrons. The van der Waals surface area contributed by atoms with Crippen molar-refractivity contribution >= 4 is 5.91 Å². The first-order valence-electron chi connectivity index (χ1n) is 9.50. The van der Waals surface area contributed by atoms with Gasteiger partial charge in [-0.15, -0.1) is 0 Å². The van der Waals surface area contributed by atoms with E-state index in [0.717, 1.165) is 43.5 Å². The third-order valence-electron chi connectivity index (χ3n) is 6.00. The Kier molecular flexibility index (Phi) is 3.62. The molecule has 26 heavy (non-hydrogen) atoms. The fourth-order valence-corrected chi connectivity index (χ4v) is 4.83. The molecule has 2 aromatic rings. The maximum atomic E-state index is 13.2. The number of carbonyl (C=O) groups excluding carboxylic acids is 1. The molecule has 5 heteroatoms. The molecule has 1 fully saturated rings. The Morgan fingerprint density at radius 3 is 2.73 bits per heavy atom. The highest BCUT2D eigenvalue weighted by Crippen LogP contribution is 2.42. The second kappa shape index (κ2) is 6.01. The monoisotopic (exact) mass is 350 g/mol. The summed E-state index contributed by atoms with van der Waals surface area (Å²) < 4.78 is 8.04. The minimum atomic E-state index is -0.174. The summed E-state index contributed by atoms with van der Waals surface area (Å²) in [6.45, 7) is 1.08. The lowest BCUT2D eigenvalue weighted by atomic mass is 9.91. The molecule has 0 radical (unpaired) electrons. The van der Waals surface area contributed by atoms with Gasteiger partial charge in [0.2, 0.25) is 5.43 Å². The molecule has 1 amide bonds. The lowest BCUT2D eigenvalue weighted by molar-refractivity contribution is 0.0421. The minimum absolute atomic E-state index is 0.0325. The summed E-state index contributed by atoms with van der Waals surface area (Å²) in [6.07, 6.45) is 5.14. The number of hydrogen-bond donors (Lipinski definition) is 0. The van der Waals surface area contributed by atoms with Crippen LogP contribution in [-0.4, -0.2) is 28.0 Å².